The molecule has 4 unspecified atom stereocenters. The summed E-state index contributed by atoms with van der Waals surface area (Å²) >= 11 is 0. The molecule has 1 fully saturated rings. The van der Waals surface area contributed by atoms with E-state index in [4.69, 9.17) is 18.9 Å². The molecule has 140 valence electrons. The van der Waals surface area contributed by atoms with E-state index in [9.17, 15) is 9.59 Å². The molecule has 24 heavy (non-hydrogen) atoms. The van der Waals surface area contributed by atoms with Gasteiger partial charge in [-0.05, 0) is 39.5 Å². The summed E-state index contributed by atoms with van der Waals surface area (Å²) in [4.78, 5) is 24.6. The van der Waals surface area contributed by atoms with Crippen LogP contribution in [0, 0.1) is 11.8 Å². The summed E-state index contributed by atoms with van der Waals surface area (Å²) in [5, 5.41) is 0. The minimum absolute atomic E-state index is 0.0800. The van der Waals surface area contributed by atoms with Gasteiger partial charge in [0.2, 0.25) is 0 Å². The molecule has 4 atom stereocenters. The Bertz CT molecular complexity index is 393. The molecule has 0 N–H and O–H groups in total. The largest absolute Gasteiger partial charge is 0.466 e. The molecular formula is C18H32O6. The van der Waals surface area contributed by atoms with Crippen molar-refractivity contribution >= 4 is 11.9 Å². The van der Waals surface area contributed by atoms with Gasteiger partial charge in [-0.1, -0.05) is 13.8 Å². The van der Waals surface area contributed by atoms with Crippen LogP contribution in [0.25, 0.3) is 0 Å². The number of ether oxygens (including phenoxy) is 4. The Hall–Kier alpha value is -1.14. The van der Waals surface area contributed by atoms with E-state index in [-0.39, 0.29) is 30.1 Å². The zero-order chi connectivity index (χ0) is 18.1. The maximum Gasteiger partial charge on any atom is 0.311 e. The van der Waals surface area contributed by atoms with Crippen LogP contribution in [-0.2, 0) is 28.5 Å². The fourth-order valence-electron chi connectivity index (χ4n) is 3.32. The zero-order valence-electron chi connectivity index (χ0n) is 15.6. The van der Waals surface area contributed by atoms with Gasteiger partial charge in [-0.15, -0.1) is 0 Å². The molecule has 0 saturated heterocycles. The van der Waals surface area contributed by atoms with Crippen LogP contribution in [0.2, 0.25) is 0 Å². The second kappa shape index (κ2) is 10.7. The number of rotatable bonds is 9. The van der Waals surface area contributed by atoms with Crippen molar-refractivity contribution in [3.63, 3.8) is 0 Å². The molecule has 0 aromatic heterocycles. The molecule has 0 aromatic carbocycles. The SMILES string of the molecule is CCOC(=O)C1CC(OC(CC)CC)C(OC)C(C(=O)OCC)C1. The Morgan fingerprint density at radius 2 is 1.54 bits per heavy atom. The number of carbonyl (C=O) groups is 2. The standard InChI is InChI=1S/C18H32O6/c1-6-13(7-2)24-15-11-12(17(19)22-8-3)10-14(16(15)21-5)18(20)23-9-4/h12-16H,6-11H2,1-5H3. The smallest absolute Gasteiger partial charge is 0.311 e. The van der Waals surface area contributed by atoms with Crippen molar-refractivity contribution in [2.75, 3.05) is 20.3 Å². The minimum Gasteiger partial charge on any atom is -0.466 e. The number of carbonyl (C=O) groups excluding carboxylic acids is 2. The van der Waals surface area contributed by atoms with Crippen LogP contribution in [0.5, 0.6) is 0 Å². The first-order valence-corrected chi connectivity index (χ1v) is 9.03. The van der Waals surface area contributed by atoms with Crippen LogP contribution in [0.15, 0.2) is 0 Å². The molecular weight excluding hydrogens is 312 g/mol. The number of methoxy groups -OCH3 is 1. The van der Waals surface area contributed by atoms with Gasteiger partial charge in [0.25, 0.3) is 0 Å². The Morgan fingerprint density at radius 1 is 0.958 bits per heavy atom. The summed E-state index contributed by atoms with van der Waals surface area (Å²) in [6.07, 6.45) is 1.97. The van der Waals surface area contributed by atoms with Crippen molar-refractivity contribution in [3.05, 3.63) is 0 Å². The van der Waals surface area contributed by atoms with E-state index in [0.717, 1.165) is 12.8 Å². The Labute approximate surface area is 145 Å². The van der Waals surface area contributed by atoms with Gasteiger partial charge in [0, 0.05) is 7.11 Å². The molecule has 1 rings (SSSR count). The highest BCUT2D eigenvalue weighted by molar-refractivity contribution is 5.77. The molecule has 1 aliphatic carbocycles. The second-order valence-electron chi connectivity index (χ2n) is 6.09. The fraction of sp³-hybridized carbons (Fsp3) is 0.889. The predicted octanol–water partition coefficient (Wildman–Crippen LogP) is 2.73. The van der Waals surface area contributed by atoms with Crippen LogP contribution >= 0.6 is 0 Å². The third-order valence-corrected chi connectivity index (χ3v) is 4.58. The van der Waals surface area contributed by atoms with Crippen molar-refractivity contribution in [2.24, 2.45) is 11.8 Å². The zero-order valence-corrected chi connectivity index (χ0v) is 15.6. The average Bonchev–Trinajstić information content (AvgIpc) is 2.59. The van der Waals surface area contributed by atoms with Gasteiger partial charge in [0.05, 0.1) is 43.4 Å². The minimum atomic E-state index is -0.516. The van der Waals surface area contributed by atoms with Crippen molar-refractivity contribution in [1.82, 2.24) is 0 Å². The topological polar surface area (TPSA) is 71.1 Å². The maximum atomic E-state index is 12.4. The van der Waals surface area contributed by atoms with Crippen LogP contribution in [-0.4, -0.2) is 50.6 Å². The summed E-state index contributed by atoms with van der Waals surface area (Å²) < 4.78 is 22.1. The lowest BCUT2D eigenvalue weighted by Crippen LogP contribution is -2.50. The Morgan fingerprint density at radius 3 is 2.04 bits per heavy atom. The molecule has 0 amide bonds. The molecule has 0 spiro atoms. The summed E-state index contributed by atoms with van der Waals surface area (Å²) in [5.74, 6) is -1.50. The van der Waals surface area contributed by atoms with Gasteiger partial charge in [-0.3, -0.25) is 9.59 Å². The van der Waals surface area contributed by atoms with E-state index < -0.39 is 12.0 Å². The average molecular weight is 344 g/mol. The first-order valence-electron chi connectivity index (χ1n) is 9.03. The van der Waals surface area contributed by atoms with Gasteiger partial charge in [-0.25, -0.2) is 0 Å². The van der Waals surface area contributed by atoms with Gasteiger partial charge >= 0.3 is 11.9 Å². The lowest BCUT2D eigenvalue weighted by molar-refractivity contribution is -0.180. The number of hydrogen-bond acceptors (Lipinski definition) is 6. The molecule has 6 heteroatoms. The summed E-state index contributed by atoms with van der Waals surface area (Å²) in [7, 11) is 1.57. The van der Waals surface area contributed by atoms with Gasteiger partial charge in [0.15, 0.2) is 0 Å². The van der Waals surface area contributed by atoms with Crippen LogP contribution < -0.4 is 0 Å². The van der Waals surface area contributed by atoms with Gasteiger partial charge in [-0.2, -0.15) is 0 Å². The van der Waals surface area contributed by atoms with E-state index >= 15 is 0 Å². The van der Waals surface area contributed by atoms with Crippen LogP contribution in [0.1, 0.15) is 53.4 Å². The molecule has 1 aliphatic rings. The first-order chi connectivity index (χ1) is 11.5. The second-order valence-corrected chi connectivity index (χ2v) is 6.09. The normalized spacial score (nSPS) is 27.1. The highest BCUT2D eigenvalue weighted by Crippen LogP contribution is 2.35. The summed E-state index contributed by atoms with van der Waals surface area (Å²) in [6, 6.07) is 0. The van der Waals surface area contributed by atoms with Gasteiger partial charge in [0.1, 0.15) is 0 Å². The summed E-state index contributed by atoms with van der Waals surface area (Å²) in [5.41, 5.74) is 0. The highest BCUT2D eigenvalue weighted by atomic mass is 16.6. The van der Waals surface area contributed by atoms with E-state index in [1.54, 1.807) is 21.0 Å². The third kappa shape index (κ3) is 5.45. The van der Waals surface area contributed by atoms with E-state index in [1.807, 2.05) is 0 Å². The van der Waals surface area contributed by atoms with Crippen molar-refractivity contribution in [2.45, 2.75) is 71.7 Å². The molecule has 0 aliphatic heterocycles. The van der Waals surface area contributed by atoms with Gasteiger partial charge < -0.3 is 18.9 Å². The van der Waals surface area contributed by atoms with Crippen LogP contribution in [0.4, 0.5) is 0 Å². The van der Waals surface area contributed by atoms with Crippen molar-refractivity contribution in [1.29, 1.82) is 0 Å². The first kappa shape index (κ1) is 20.9. The number of hydrogen-bond donors (Lipinski definition) is 0. The lowest BCUT2D eigenvalue weighted by atomic mass is 9.77. The predicted molar refractivity (Wildman–Crippen MR) is 89.5 cm³/mol. The molecule has 0 aromatic rings. The van der Waals surface area contributed by atoms with E-state index in [0.29, 0.717) is 26.1 Å². The van der Waals surface area contributed by atoms with Crippen molar-refractivity contribution < 1.29 is 28.5 Å². The van der Waals surface area contributed by atoms with Crippen molar-refractivity contribution in [3.8, 4) is 0 Å². The molecule has 0 radical (unpaired) electrons. The number of esters is 2. The monoisotopic (exact) mass is 344 g/mol. The molecule has 6 nitrogen and oxygen atoms in total. The highest BCUT2D eigenvalue weighted by Gasteiger charge is 2.46. The maximum absolute atomic E-state index is 12.4. The van der Waals surface area contributed by atoms with E-state index in [1.165, 1.54) is 0 Å². The molecule has 1 saturated carbocycles. The Kier molecular flexibility index (Phi) is 9.29. The molecule has 0 bridgehead atoms. The fourth-order valence-corrected chi connectivity index (χ4v) is 3.32. The quantitative estimate of drug-likeness (QED) is 0.599. The molecule has 0 heterocycles. The Balaban J connectivity index is 2.98. The van der Waals surface area contributed by atoms with Crippen LogP contribution in [0.3, 0.4) is 0 Å². The van der Waals surface area contributed by atoms with E-state index in [2.05, 4.69) is 13.8 Å². The lowest BCUT2D eigenvalue weighted by Gasteiger charge is -2.40. The third-order valence-electron chi connectivity index (χ3n) is 4.58. The summed E-state index contributed by atoms with van der Waals surface area (Å²) in [6.45, 7) is 8.29.